The van der Waals surface area contributed by atoms with Crippen molar-refractivity contribution < 1.29 is 4.39 Å². The van der Waals surface area contributed by atoms with Gasteiger partial charge < -0.3 is 4.57 Å². The average Bonchev–Trinajstić information content (AvgIpc) is 2.41. The molecule has 62 valence electrons. The van der Waals surface area contributed by atoms with Crippen molar-refractivity contribution in [3.05, 3.63) is 34.7 Å². The molecule has 1 aromatic heterocycles. The van der Waals surface area contributed by atoms with Crippen LogP contribution in [0.2, 0.25) is 0 Å². The third kappa shape index (κ3) is 0.966. The normalized spacial score (nSPS) is 10.9. The lowest BCUT2D eigenvalue weighted by atomic mass is 10.2. The molecule has 0 aliphatic rings. The maximum absolute atomic E-state index is 13.0. The van der Waals surface area contributed by atoms with Gasteiger partial charge in [0.2, 0.25) is 0 Å². The van der Waals surface area contributed by atoms with E-state index in [0.717, 1.165) is 10.9 Å². The zero-order valence-electron chi connectivity index (χ0n) is 6.51. The van der Waals surface area contributed by atoms with Crippen molar-refractivity contribution in [3.63, 3.8) is 0 Å². The fourth-order valence-corrected chi connectivity index (χ4v) is 1.96. The van der Waals surface area contributed by atoms with Crippen molar-refractivity contribution in [2.45, 2.75) is 0 Å². The number of benzene rings is 1. The van der Waals surface area contributed by atoms with E-state index in [2.05, 4.69) is 15.9 Å². The quantitative estimate of drug-likeness (QED) is 0.652. The van der Waals surface area contributed by atoms with Crippen LogP contribution in [0.3, 0.4) is 0 Å². The Kier molecular flexibility index (Phi) is 1.68. The molecule has 0 aliphatic heterocycles. The summed E-state index contributed by atoms with van der Waals surface area (Å²) in [6.45, 7) is 0. The van der Waals surface area contributed by atoms with Crippen LogP contribution in [0.1, 0.15) is 0 Å². The molecule has 3 heteroatoms. The van der Waals surface area contributed by atoms with Crippen LogP contribution >= 0.6 is 15.9 Å². The van der Waals surface area contributed by atoms with E-state index in [-0.39, 0.29) is 5.82 Å². The fourth-order valence-electron chi connectivity index (χ4n) is 1.31. The zero-order chi connectivity index (χ0) is 8.72. The van der Waals surface area contributed by atoms with Gasteiger partial charge in [-0.2, -0.15) is 0 Å². The lowest BCUT2D eigenvalue weighted by Gasteiger charge is -1.99. The summed E-state index contributed by atoms with van der Waals surface area (Å²) in [6, 6.07) is 5.20. The second-order valence-corrected chi connectivity index (χ2v) is 3.52. The maximum Gasteiger partial charge on any atom is 0.139 e. The molecule has 0 radical (unpaired) electrons. The van der Waals surface area contributed by atoms with E-state index < -0.39 is 0 Å². The number of fused-ring (bicyclic) bond motifs is 1. The van der Waals surface area contributed by atoms with Gasteiger partial charge >= 0.3 is 0 Å². The Balaban J connectivity index is 2.96. The van der Waals surface area contributed by atoms with Crippen LogP contribution in [0, 0.1) is 5.82 Å². The van der Waals surface area contributed by atoms with Gasteiger partial charge in [0.25, 0.3) is 0 Å². The lowest BCUT2D eigenvalue weighted by molar-refractivity contribution is 0.622. The predicted octanol–water partition coefficient (Wildman–Crippen LogP) is 3.08. The van der Waals surface area contributed by atoms with Gasteiger partial charge in [0.15, 0.2) is 0 Å². The van der Waals surface area contributed by atoms with E-state index >= 15 is 0 Å². The number of aryl methyl sites for hydroxylation is 1. The summed E-state index contributed by atoms with van der Waals surface area (Å²) in [5.41, 5.74) is 0.898. The van der Waals surface area contributed by atoms with Gasteiger partial charge in [0.1, 0.15) is 5.82 Å². The van der Waals surface area contributed by atoms with Gasteiger partial charge in [-0.05, 0) is 34.1 Å². The van der Waals surface area contributed by atoms with Crippen LogP contribution in [0.25, 0.3) is 10.9 Å². The van der Waals surface area contributed by atoms with Gasteiger partial charge in [-0.3, -0.25) is 0 Å². The van der Waals surface area contributed by atoms with E-state index in [0.29, 0.717) is 4.47 Å². The Labute approximate surface area is 77.9 Å². The average molecular weight is 228 g/mol. The molecule has 1 nitrogen and oxygen atoms in total. The SMILES string of the molecule is Cn1ccc2ccc(F)c(Br)c21. The standard InChI is InChI=1S/C9H7BrFN/c1-12-5-4-6-2-3-7(11)8(10)9(6)12/h2-5H,1H3. The number of hydrogen-bond acceptors (Lipinski definition) is 0. The molecule has 0 atom stereocenters. The summed E-state index contributed by atoms with van der Waals surface area (Å²) in [4.78, 5) is 0. The molecule has 0 aliphatic carbocycles. The van der Waals surface area contributed by atoms with Gasteiger partial charge in [0, 0.05) is 18.6 Å². The number of nitrogens with zero attached hydrogens (tertiary/aromatic N) is 1. The molecule has 2 rings (SSSR count). The van der Waals surface area contributed by atoms with Crippen molar-refractivity contribution >= 4 is 26.8 Å². The molecule has 0 N–H and O–H groups in total. The molecular formula is C9H7BrFN. The van der Waals surface area contributed by atoms with Crippen LogP contribution in [-0.2, 0) is 7.05 Å². The first kappa shape index (κ1) is 7.80. The predicted molar refractivity (Wildman–Crippen MR) is 50.6 cm³/mol. The molecule has 0 amide bonds. The highest BCUT2D eigenvalue weighted by Crippen LogP contribution is 2.26. The van der Waals surface area contributed by atoms with Crippen molar-refractivity contribution in [1.82, 2.24) is 4.57 Å². The number of halogens is 2. The Morgan fingerprint density at radius 2 is 2.08 bits per heavy atom. The largest absolute Gasteiger partial charge is 0.350 e. The molecule has 0 saturated carbocycles. The van der Waals surface area contributed by atoms with Crippen LogP contribution < -0.4 is 0 Å². The first-order valence-corrected chi connectivity index (χ1v) is 4.38. The highest BCUT2D eigenvalue weighted by atomic mass is 79.9. The highest BCUT2D eigenvalue weighted by Gasteiger charge is 2.06. The van der Waals surface area contributed by atoms with E-state index in [1.54, 1.807) is 6.07 Å². The third-order valence-electron chi connectivity index (χ3n) is 1.93. The number of aromatic nitrogens is 1. The van der Waals surface area contributed by atoms with Gasteiger partial charge in [-0.1, -0.05) is 0 Å². The molecule has 0 spiro atoms. The van der Waals surface area contributed by atoms with Crippen LogP contribution in [0.5, 0.6) is 0 Å². The van der Waals surface area contributed by atoms with Crippen molar-refractivity contribution in [2.24, 2.45) is 7.05 Å². The molecular weight excluding hydrogens is 221 g/mol. The van der Waals surface area contributed by atoms with E-state index in [9.17, 15) is 4.39 Å². The summed E-state index contributed by atoms with van der Waals surface area (Å²) in [5, 5.41) is 1.05. The third-order valence-corrected chi connectivity index (χ3v) is 2.69. The van der Waals surface area contributed by atoms with Crippen molar-refractivity contribution in [1.29, 1.82) is 0 Å². The summed E-state index contributed by atoms with van der Waals surface area (Å²) in [5.74, 6) is -0.218. The summed E-state index contributed by atoms with van der Waals surface area (Å²) in [7, 11) is 1.90. The molecule has 0 bridgehead atoms. The topological polar surface area (TPSA) is 4.93 Å². The van der Waals surface area contributed by atoms with Gasteiger partial charge in [-0.15, -0.1) is 0 Å². The molecule has 0 saturated heterocycles. The molecule has 1 heterocycles. The lowest BCUT2D eigenvalue weighted by Crippen LogP contribution is -1.87. The monoisotopic (exact) mass is 227 g/mol. The first-order valence-electron chi connectivity index (χ1n) is 3.59. The summed E-state index contributed by atoms with van der Waals surface area (Å²) in [6.07, 6.45) is 1.91. The van der Waals surface area contributed by atoms with E-state index in [4.69, 9.17) is 0 Å². The Bertz CT molecular complexity index is 433. The van der Waals surface area contributed by atoms with Gasteiger partial charge in [0.05, 0.1) is 9.99 Å². The molecule has 2 aromatic rings. The van der Waals surface area contributed by atoms with Crippen LogP contribution in [0.15, 0.2) is 28.9 Å². The minimum absolute atomic E-state index is 0.218. The van der Waals surface area contributed by atoms with Crippen molar-refractivity contribution in [2.75, 3.05) is 0 Å². The first-order chi connectivity index (χ1) is 5.70. The number of rotatable bonds is 0. The second-order valence-electron chi connectivity index (χ2n) is 2.73. The molecule has 12 heavy (non-hydrogen) atoms. The van der Waals surface area contributed by atoms with Crippen LogP contribution in [-0.4, -0.2) is 4.57 Å². The minimum atomic E-state index is -0.218. The Morgan fingerprint density at radius 1 is 1.33 bits per heavy atom. The smallest absolute Gasteiger partial charge is 0.139 e. The fraction of sp³-hybridized carbons (Fsp3) is 0.111. The van der Waals surface area contributed by atoms with Gasteiger partial charge in [-0.25, -0.2) is 4.39 Å². The molecule has 0 fully saturated rings. The molecule has 1 aromatic carbocycles. The molecule has 0 unspecified atom stereocenters. The van der Waals surface area contributed by atoms with E-state index in [1.807, 2.05) is 23.9 Å². The maximum atomic E-state index is 13.0. The van der Waals surface area contributed by atoms with Crippen LogP contribution in [0.4, 0.5) is 4.39 Å². The second kappa shape index (κ2) is 2.59. The number of hydrogen-bond donors (Lipinski definition) is 0. The zero-order valence-corrected chi connectivity index (χ0v) is 8.10. The minimum Gasteiger partial charge on any atom is -0.350 e. The van der Waals surface area contributed by atoms with Crippen molar-refractivity contribution in [3.8, 4) is 0 Å². The Hall–Kier alpha value is -0.830. The summed E-state index contributed by atoms with van der Waals surface area (Å²) < 4.78 is 15.5. The highest BCUT2D eigenvalue weighted by molar-refractivity contribution is 9.10. The summed E-state index contributed by atoms with van der Waals surface area (Å²) >= 11 is 3.21. The Morgan fingerprint density at radius 3 is 2.83 bits per heavy atom. The van der Waals surface area contributed by atoms with E-state index in [1.165, 1.54) is 6.07 Å².